The summed E-state index contributed by atoms with van der Waals surface area (Å²) in [5.41, 5.74) is 1.28. The number of aliphatic hydroxyl groups is 1. The van der Waals surface area contributed by atoms with Gasteiger partial charge < -0.3 is 30.1 Å². The van der Waals surface area contributed by atoms with Crippen molar-refractivity contribution in [1.29, 1.82) is 0 Å². The molecular formula is C30H33N5O7. The molecule has 4 rings (SSSR count). The molecule has 1 aromatic heterocycles. The molecule has 220 valence electrons. The third kappa shape index (κ3) is 7.67. The molecule has 2 unspecified atom stereocenters. The number of carboxylic acids is 1. The standard InChI is InChI=1S/C30H33N5O7/c1-2-42-30(41)35-17-15-34(16-18-35)29(40)22(13-14-25(36)37)33-28(39)24-19-23(26(38)20-9-5-3-6-10-20)31-27(32-24)21-11-7-4-8-12-21/h3-12,19,22,26,38H,2,13-18H2,1H3,(H,33,39)(H,36,37). The summed E-state index contributed by atoms with van der Waals surface area (Å²) in [6, 6.07) is 18.0. The number of hydrogen-bond acceptors (Lipinski definition) is 8. The number of benzene rings is 2. The van der Waals surface area contributed by atoms with E-state index in [0.29, 0.717) is 11.1 Å². The van der Waals surface area contributed by atoms with Gasteiger partial charge in [-0.25, -0.2) is 14.8 Å². The summed E-state index contributed by atoms with van der Waals surface area (Å²) in [7, 11) is 0. The molecule has 1 saturated heterocycles. The Morgan fingerprint density at radius 2 is 1.55 bits per heavy atom. The Balaban J connectivity index is 1.58. The van der Waals surface area contributed by atoms with Gasteiger partial charge in [0.2, 0.25) is 5.91 Å². The van der Waals surface area contributed by atoms with Crippen molar-refractivity contribution in [2.45, 2.75) is 31.9 Å². The minimum atomic E-state index is -1.15. The number of amides is 3. The summed E-state index contributed by atoms with van der Waals surface area (Å²) in [6.45, 7) is 2.85. The second-order valence-electron chi connectivity index (χ2n) is 9.65. The molecule has 42 heavy (non-hydrogen) atoms. The molecule has 0 aliphatic carbocycles. The maximum Gasteiger partial charge on any atom is 0.409 e. The maximum atomic E-state index is 13.5. The lowest BCUT2D eigenvalue weighted by Crippen LogP contribution is -2.56. The first-order valence-electron chi connectivity index (χ1n) is 13.7. The molecule has 3 N–H and O–H groups in total. The van der Waals surface area contributed by atoms with E-state index in [-0.39, 0.29) is 62.8 Å². The van der Waals surface area contributed by atoms with Crippen molar-refractivity contribution in [3.63, 3.8) is 0 Å². The quantitative estimate of drug-likeness (QED) is 0.330. The van der Waals surface area contributed by atoms with Crippen LogP contribution in [-0.4, -0.2) is 92.7 Å². The van der Waals surface area contributed by atoms with E-state index in [0.717, 1.165) is 0 Å². The van der Waals surface area contributed by atoms with Gasteiger partial charge in [0, 0.05) is 38.2 Å². The molecule has 1 fully saturated rings. The van der Waals surface area contributed by atoms with Crippen LogP contribution >= 0.6 is 0 Å². The van der Waals surface area contributed by atoms with Crippen LogP contribution in [0.1, 0.15) is 47.6 Å². The van der Waals surface area contributed by atoms with Crippen molar-refractivity contribution < 1.29 is 34.1 Å². The number of carboxylic acid groups (broad SMARTS) is 1. The third-order valence-electron chi connectivity index (χ3n) is 6.77. The molecule has 2 aromatic carbocycles. The van der Waals surface area contributed by atoms with Crippen LogP contribution in [0.5, 0.6) is 0 Å². The number of piperazine rings is 1. The van der Waals surface area contributed by atoms with Crippen LogP contribution < -0.4 is 5.32 Å². The Labute approximate surface area is 243 Å². The average Bonchev–Trinajstić information content (AvgIpc) is 3.03. The lowest BCUT2D eigenvalue weighted by molar-refractivity contribution is -0.138. The van der Waals surface area contributed by atoms with Crippen molar-refractivity contribution in [2.24, 2.45) is 0 Å². The summed E-state index contributed by atoms with van der Waals surface area (Å²) in [6.07, 6.45) is -2.11. The average molecular weight is 576 g/mol. The zero-order valence-corrected chi connectivity index (χ0v) is 23.2. The number of carbonyl (C=O) groups excluding carboxylic acids is 3. The van der Waals surface area contributed by atoms with Gasteiger partial charge in [-0.15, -0.1) is 0 Å². The minimum Gasteiger partial charge on any atom is -0.481 e. The SMILES string of the molecule is CCOC(=O)N1CCN(C(=O)C(CCC(=O)O)NC(=O)c2cc(C(O)c3ccccc3)nc(-c3ccccc3)n2)CC1. The number of ether oxygens (including phenoxy) is 1. The number of nitrogens with zero attached hydrogens (tertiary/aromatic N) is 4. The van der Waals surface area contributed by atoms with Crippen LogP contribution in [0.2, 0.25) is 0 Å². The van der Waals surface area contributed by atoms with E-state index in [1.807, 2.05) is 12.1 Å². The zero-order valence-electron chi connectivity index (χ0n) is 23.2. The zero-order chi connectivity index (χ0) is 30.1. The number of aliphatic hydroxyl groups excluding tert-OH is 1. The van der Waals surface area contributed by atoms with Gasteiger partial charge in [-0.3, -0.25) is 14.4 Å². The molecule has 12 nitrogen and oxygen atoms in total. The van der Waals surface area contributed by atoms with E-state index in [1.165, 1.54) is 15.9 Å². The Morgan fingerprint density at radius 1 is 0.929 bits per heavy atom. The monoisotopic (exact) mass is 575 g/mol. The van der Waals surface area contributed by atoms with Crippen LogP contribution in [0, 0.1) is 0 Å². The summed E-state index contributed by atoms with van der Waals surface area (Å²) in [5.74, 6) is -2.09. The summed E-state index contributed by atoms with van der Waals surface area (Å²) < 4.78 is 5.02. The second-order valence-corrected chi connectivity index (χ2v) is 9.65. The molecular weight excluding hydrogens is 542 g/mol. The van der Waals surface area contributed by atoms with Gasteiger partial charge in [0.1, 0.15) is 17.8 Å². The van der Waals surface area contributed by atoms with Crippen LogP contribution in [0.15, 0.2) is 66.7 Å². The largest absolute Gasteiger partial charge is 0.481 e. The fraction of sp³-hybridized carbons (Fsp3) is 0.333. The van der Waals surface area contributed by atoms with Crippen molar-refractivity contribution in [2.75, 3.05) is 32.8 Å². The highest BCUT2D eigenvalue weighted by Crippen LogP contribution is 2.24. The predicted octanol–water partition coefficient (Wildman–Crippen LogP) is 2.49. The van der Waals surface area contributed by atoms with Gasteiger partial charge in [0.15, 0.2) is 5.82 Å². The molecule has 3 amide bonds. The minimum absolute atomic E-state index is 0.0888. The first-order valence-corrected chi connectivity index (χ1v) is 13.7. The Kier molecular flexibility index (Phi) is 10.2. The van der Waals surface area contributed by atoms with E-state index in [1.54, 1.807) is 55.5 Å². The highest BCUT2D eigenvalue weighted by molar-refractivity contribution is 5.96. The lowest BCUT2D eigenvalue weighted by Gasteiger charge is -2.35. The van der Waals surface area contributed by atoms with Crippen LogP contribution in [0.4, 0.5) is 4.79 Å². The summed E-state index contributed by atoms with van der Waals surface area (Å²) in [4.78, 5) is 62.2. The topological polar surface area (TPSA) is 162 Å². The second kappa shape index (κ2) is 14.2. The Bertz CT molecular complexity index is 1400. The van der Waals surface area contributed by atoms with Crippen LogP contribution in [-0.2, 0) is 14.3 Å². The highest BCUT2D eigenvalue weighted by atomic mass is 16.6. The maximum absolute atomic E-state index is 13.5. The van der Waals surface area contributed by atoms with E-state index in [9.17, 15) is 29.4 Å². The van der Waals surface area contributed by atoms with Crippen molar-refractivity contribution in [1.82, 2.24) is 25.1 Å². The number of aromatic nitrogens is 2. The molecule has 0 bridgehead atoms. The van der Waals surface area contributed by atoms with E-state index < -0.39 is 36.0 Å². The van der Waals surface area contributed by atoms with Crippen molar-refractivity contribution in [3.8, 4) is 11.4 Å². The molecule has 2 heterocycles. The summed E-state index contributed by atoms with van der Waals surface area (Å²) >= 11 is 0. The Hall–Kier alpha value is -4.84. The van der Waals surface area contributed by atoms with Gasteiger partial charge >= 0.3 is 12.1 Å². The van der Waals surface area contributed by atoms with Gasteiger partial charge in [0.25, 0.3) is 5.91 Å². The van der Waals surface area contributed by atoms with Crippen LogP contribution in [0.25, 0.3) is 11.4 Å². The molecule has 1 aliphatic rings. The van der Waals surface area contributed by atoms with Crippen molar-refractivity contribution >= 4 is 23.9 Å². The molecule has 2 atom stereocenters. The van der Waals surface area contributed by atoms with E-state index in [4.69, 9.17) is 4.74 Å². The third-order valence-corrected chi connectivity index (χ3v) is 6.77. The fourth-order valence-corrected chi connectivity index (χ4v) is 4.55. The van der Waals surface area contributed by atoms with Gasteiger partial charge in [-0.1, -0.05) is 60.7 Å². The van der Waals surface area contributed by atoms with Gasteiger partial charge in [0.05, 0.1) is 12.3 Å². The molecule has 1 aliphatic heterocycles. The number of hydrogen-bond donors (Lipinski definition) is 3. The predicted molar refractivity (Wildman–Crippen MR) is 151 cm³/mol. The van der Waals surface area contributed by atoms with Crippen molar-refractivity contribution in [3.05, 3.63) is 83.7 Å². The molecule has 0 spiro atoms. The molecule has 3 aromatic rings. The summed E-state index contributed by atoms with van der Waals surface area (Å²) in [5, 5.41) is 23.0. The first-order chi connectivity index (χ1) is 20.3. The smallest absolute Gasteiger partial charge is 0.409 e. The van der Waals surface area contributed by atoms with Gasteiger partial charge in [-0.05, 0) is 25.0 Å². The fourth-order valence-electron chi connectivity index (χ4n) is 4.55. The van der Waals surface area contributed by atoms with Crippen LogP contribution in [0.3, 0.4) is 0 Å². The number of carbonyl (C=O) groups is 4. The highest BCUT2D eigenvalue weighted by Gasteiger charge is 2.31. The number of nitrogens with one attached hydrogen (secondary N) is 1. The Morgan fingerprint density at radius 3 is 2.17 bits per heavy atom. The number of aliphatic carboxylic acids is 1. The first kappa shape index (κ1) is 30.1. The van der Waals surface area contributed by atoms with Gasteiger partial charge in [-0.2, -0.15) is 0 Å². The molecule has 0 radical (unpaired) electrons. The normalized spacial score (nSPS) is 14.5. The number of rotatable bonds is 10. The molecule has 12 heteroatoms. The molecule has 0 saturated carbocycles. The van der Waals surface area contributed by atoms with E-state index >= 15 is 0 Å². The lowest BCUT2D eigenvalue weighted by atomic mass is 10.0. The van der Waals surface area contributed by atoms with E-state index in [2.05, 4.69) is 15.3 Å².